The molecule has 0 aliphatic carbocycles. The number of carbonyl (C=O) groups is 1. The minimum atomic E-state index is -0.635. The second-order valence-electron chi connectivity index (χ2n) is 3.28. The fourth-order valence-corrected chi connectivity index (χ4v) is 1.68. The molecule has 4 nitrogen and oxygen atoms in total. The van der Waals surface area contributed by atoms with E-state index in [1.165, 1.54) is 24.4 Å². The van der Waals surface area contributed by atoms with Gasteiger partial charge in [0.25, 0.3) is 5.91 Å². The minimum absolute atomic E-state index is 0.0148. The van der Waals surface area contributed by atoms with E-state index in [1.54, 1.807) is 0 Å². The number of rotatable bonds is 2. The maximum absolute atomic E-state index is 13.3. The second kappa shape index (κ2) is 5.29. The van der Waals surface area contributed by atoms with E-state index in [4.69, 9.17) is 23.2 Å². The molecule has 0 unspecified atom stereocenters. The molecule has 92 valence electrons. The lowest BCUT2D eigenvalue weighted by atomic mass is 10.2. The van der Waals surface area contributed by atoms with Crippen molar-refractivity contribution in [3.63, 3.8) is 0 Å². The van der Waals surface area contributed by atoms with Gasteiger partial charge >= 0.3 is 0 Å². The van der Waals surface area contributed by atoms with Gasteiger partial charge in [-0.05, 0) is 18.2 Å². The number of aromatic nitrogens is 2. The monoisotopic (exact) mass is 285 g/mol. The first kappa shape index (κ1) is 12.7. The van der Waals surface area contributed by atoms with Crippen LogP contribution in [0.15, 0.2) is 30.6 Å². The van der Waals surface area contributed by atoms with Crippen molar-refractivity contribution >= 4 is 34.8 Å². The zero-order valence-electron chi connectivity index (χ0n) is 8.82. The predicted octanol–water partition coefficient (Wildman–Crippen LogP) is 3.17. The topological polar surface area (TPSA) is 54.9 Å². The van der Waals surface area contributed by atoms with E-state index >= 15 is 0 Å². The summed E-state index contributed by atoms with van der Waals surface area (Å²) in [5.41, 5.74) is 0.123. The van der Waals surface area contributed by atoms with Crippen molar-refractivity contribution in [2.75, 3.05) is 5.32 Å². The fourth-order valence-electron chi connectivity index (χ4n) is 1.25. The van der Waals surface area contributed by atoms with E-state index in [1.807, 2.05) is 0 Å². The maximum Gasteiger partial charge on any atom is 0.258 e. The van der Waals surface area contributed by atoms with Crippen LogP contribution in [0.1, 0.15) is 10.4 Å². The number of carbonyl (C=O) groups excluding carboxylic acids is 1. The van der Waals surface area contributed by atoms with E-state index in [0.717, 1.165) is 6.20 Å². The van der Waals surface area contributed by atoms with Crippen LogP contribution in [-0.2, 0) is 0 Å². The average Bonchev–Trinajstić information content (AvgIpc) is 2.32. The zero-order valence-corrected chi connectivity index (χ0v) is 10.3. The molecule has 1 amide bonds. The molecule has 0 fully saturated rings. The van der Waals surface area contributed by atoms with Crippen molar-refractivity contribution in [2.45, 2.75) is 0 Å². The van der Waals surface area contributed by atoms with Crippen LogP contribution in [0.3, 0.4) is 0 Å². The SMILES string of the molecule is O=C(Nc1ccncc1F)c1ccc(Cl)nc1Cl. The molecule has 0 aliphatic rings. The average molecular weight is 286 g/mol. The number of halogens is 3. The van der Waals surface area contributed by atoms with Gasteiger partial charge in [0.1, 0.15) is 10.3 Å². The minimum Gasteiger partial charge on any atom is -0.319 e. The molecule has 0 bridgehead atoms. The van der Waals surface area contributed by atoms with Crippen LogP contribution in [0.25, 0.3) is 0 Å². The molecule has 0 spiro atoms. The Morgan fingerprint density at radius 2 is 2.06 bits per heavy atom. The van der Waals surface area contributed by atoms with Gasteiger partial charge in [0, 0.05) is 6.20 Å². The molecule has 0 saturated heterocycles. The molecule has 2 heterocycles. The van der Waals surface area contributed by atoms with Gasteiger partial charge in [-0.25, -0.2) is 9.37 Å². The van der Waals surface area contributed by atoms with Crippen LogP contribution in [0.5, 0.6) is 0 Å². The Labute approximate surface area is 112 Å². The van der Waals surface area contributed by atoms with Crippen molar-refractivity contribution in [1.82, 2.24) is 9.97 Å². The third kappa shape index (κ3) is 2.75. The molecular formula is C11H6Cl2FN3O. The number of hydrogen-bond donors (Lipinski definition) is 1. The Balaban J connectivity index is 2.25. The third-order valence-corrected chi connectivity index (χ3v) is 2.58. The number of nitrogens with zero attached hydrogens (tertiary/aromatic N) is 2. The molecule has 18 heavy (non-hydrogen) atoms. The summed E-state index contributed by atoms with van der Waals surface area (Å²) in [6.07, 6.45) is 2.36. The van der Waals surface area contributed by atoms with Crippen molar-refractivity contribution in [3.05, 3.63) is 52.3 Å². The highest BCUT2D eigenvalue weighted by Crippen LogP contribution is 2.19. The largest absolute Gasteiger partial charge is 0.319 e. The van der Waals surface area contributed by atoms with Crippen molar-refractivity contribution in [2.24, 2.45) is 0 Å². The Kier molecular flexibility index (Phi) is 3.74. The number of nitrogens with one attached hydrogen (secondary N) is 1. The van der Waals surface area contributed by atoms with Gasteiger partial charge in [0.15, 0.2) is 5.82 Å². The number of hydrogen-bond acceptors (Lipinski definition) is 3. The van der Waals surface area contributed by atoms with Crippen molar-refractivity contribution in [1.29, 1.82) is 0 Å². The second-order valence-corrected chi connectivity index (χ2v) is 4.03. The molecule has 2 rings (SSSR count). The number of pyridine rings is 2. The van der Waals surface area contributed by atoms with Crippen LogP contribution in [0, 0.1) is 5.82 Å². The van der Waals surface area contributed by atoms with Crippen LogP contribution < -0.4 is 5.32 Å². The van der Waals surface area contributed by atoms with Gasteiger partial charge in [-0.15, -0.1) is 0 Å². The highest BCUT2D eigenvalue weighted by atomic mass is 35.5. The van der Waals surface area contributed by atoms with Gasteiger partial charge < -0.3 is 5.32 Å². The van der Waals surface area contributed by atoms with E-state index in [2.05, 4.69) is 15.3 Å². The summed E-state index contributed by atoms with van der Waals surface area (Å²) in [5.74, 6) is -1.21. The van der Waals surface area contributed by atoms with Crippen LogP contribution in [0.2, 0.25) is 10.3 Å². The van der Waals surface area contributed by atoms with Crippen molar-refractivity contribution < 1.29 is 9.18 Å². The van der Waals surface area contributed by atoms with Crippen molar-refractivity contribution in [3.8, 4) is 0 Å². The van der Waals surface area contributed by atoms with Crippen LogP contribution in [0.4, 0.5) is 10.1 Å². The molecule has 0 aromatic carbocycles. The lowest BCUT2D eigenvalue weighted by Gasteiger charge is -2.06. The van der Waals surface area contributed by atoms with Gasteiger partial charge in [-0.2, -0.15) is 0 Å². The maximum atomic E-state index is 13.3. The quantitative estimate of drug-likeness (QED) is 0.863. The Morgan fingerprint density at radius 3 is 2.72 bits per heavy atom. The standard InChI is InChI=1S/C11H6Cl2FN3O/c12-9-2-1-6(10(13)17-9)11(18)16-8-3-4-15-5-7(8)14/h1-5H,(H,15,16,18). The molecular weight excluding hydrogens is 280 g/mol. The van der Waals surface area contributed by atoms with Crippen LogP contribution >= 0.6 is 23.2 Å². The first-order chi connectivity index (χ1) is 8.58. The molecule has 0 aliphatic heterocycles. The van der Waals surface area contributed by atoms with E-state index in [9.17, 15) is 9.18 Å². The molecule has 1 N–H and O–H groups in total. The summed E-state index contributed by atoms with van der Waals surface area (Å²) in [5, 5.41) is 2.49. The molecule has 0 atom stereocenters. The van der Waals surface area contributed by atoms with Crippen LogP contribution in [-0.4, -0.2) is 15.9 Å². The van der Waals surface area contributed by atoms with Gasteiger partial charge in [0.2, 0.25) is 0 Å². The van der Waals surface area contributed by atoms with E-state index in [-0.39, 0.29) is 21.6 Å². The summed E-state index contributed by atoms with van der Waals surface area (Å²) in [6.45, 7) is 0. The van der Waals surface area contributed by atoms with E-state index in [0.29, 0.717) is 0 Å². The Hall–Kier alpha value is -1.72. The molecule has 2 aromatic rings. The number of anilines is 1. The molecule has 7 heteroatoms. The third-order valence-electron chi connectivity index (χ3n) is 2.08. The summed E-state index contributed by atoms with van der Waals surface area (Å²) >= 11 is 11.4. The summed E-state index contributed by atoms with van der Waals surface area (Å²) in [7, 11) is 0. The van der Waals surface area contributed by atoms with Gasteiger partial charge in [-0.3, -0.25) is 9.78 Å². The summed E-state index contributed by atoms with van der Waals surface area (Å²) in [4.78, 5) is 19.1. The van der Waals surface area contributed by atoms with E-state index < -0.39 is 11.7 Å². The number of amides is 1. The molecule has 2 aromatic heterocycles. The lowest BCUT2D eigenvalue weighted by molar-refractivity contribution is 0.102. The highest BCUT2D eigenvalue weighted by Gasteiger charge is 2.13. The predicted molar refractivity (Wildman–Crippen MR) is 66.4 cm³/mol. The smallest absolute Gasteiger partial charge is 0.258 e. The highest BCUT2D eigenvalue weighted by molar-refractivity contribution is 6.35. The summed E-state index contributed by atoms with van der Waals surface area (Å²) in [6, 6.07) is 4.17. The van der Waals surface area contributed by atoms with Gasteiger partial charge in [0.05, 0.1) is 17.4 Å². The Morgan fingerprint density at radius 1 is 1.28 bits per heavy atom. The first-order valence-corrected chi connectivity index (χ1v) is 5.56. The summed E-state index contributed by atoms with van der Waals surface area (Å²) < 4.78 is 13.3. The Bertz CT molecular complexity index is 607. The molecule has 0 saturated carbocycles. The first-order valence-electron chi connectivity index (χ1n) is 4.81. The zero-order chi connectivity index (χ0) is 13.1. The fraction of sp³-hybridized carbons (Fsp3) is 0. The molecule has 0 radical (unpaired) electrons. The van der Waals surface area contributed by atoms with Gasteiger partial charge in [-0.1, -0.05) is 23.2 Å². The normalized spacial score (nSPS) is 10.2. The lowest BCUT2D eigenvalue weighted by Crippen LogP contribution is -2.14.